The Morgan fingerprint density at radius 3 is 2.75 bits per heavy atom. The molecule has 2 aromatic rings. The fourth-order valence-electron chi connectivity index (χ4n) is 3.31. The van der Waals surface area contributed by atoms with E-state index in [1.54, 1.807) is 23.1 Å². The van der Waals surface area contributed by atoms with Gasteiger partial charge in [-0.1, -0.05) is 31.2 Å². The summed E-state index contributed by atoms with van der Waals surface area (Å²) in [5.41, 5.74) is 1.04. The van der Waals surface area contributed by atoms with E-state index in [0.29, 0.717) is 18.5 Å². The lowest BCUT2D eigenvalue weighted by molar-refractivity contribution is -0.136. The second kappa shape index (κ2) is 5.85. The van der Waals surface area contributed by atoms with Gasteiger partial charge in [-0.3, -0.25) is 5.41 Å². The summed E-state index contributed by atoms with van der Waals surface area (Å²) in [5, 5.41) is 11.9. The van der Waals surface area contributed by atoms with Gasteiger partial charge in [-0.15, -0.1) is 6.58 Å². The molecule has 0 aromatic heterocycles. The first-order chi connectivity index (χ1) is 11.3. The van der Waals surface area contributed by atoms with E-state index < -0.39 is 11.7 Å². The predicted octanol–water partition coefficient (Wildman–Crippen LogP) is 4.49. The van der Waals surface area contributed by atoms with Crippen LogP contribution >= 0.6 is 0 Å². The topological polar surface area (TPSA) is 39.1 Å². The number of nitrogens with zero attached hydrogens (tertiary/aromatic N) is 1. The third-order valence-electron chi connectivity index (χ3n) is 4.31. The van der Waals surface area contributed by atoms with Gasteiger partial charge >= 0.3 is 6.18 Å². The molecule has 0 radical (unpaired) electrons. The zero-order valence-corrected chi connectivity index (χ0v) is 13.2. The second-order valence-corrected chi connectivity index (χ2v) is 5.93. The van der Waals surface area contributed by atoms with Crippen molar-refractivity contribution in [2.24, 2.45) is 0 Å². The number of fused-ring (bicyclic) bond motifs is 3. The van der Waals surface area contributed by atoms with Crippen LogP contribution in [0.25, 0.3) is 10.8 Å². The molecule has 3 nitrogen and oxygen atoms in total. The van der Waals surface area contributed by atoms with Crippen LogP contribution in [0.4, 0.5) is 18.9 Å². The molecule has 0 amide bonds. The predicted molar refractivity (Wildman–Crippen MR) is 90.6 cm³/mol. The molecule has 2 aromatic carbocycles. The van der Waals surface area contributed by atoms with E-state index in [2.05, 4.69) is 11.9 Å². The van der Waals surface area contributed by atoms with Crippen LogP contribution < -0.4 is 10.2 Å². The molecule has 0 fully saturated rings. The smallest absolute Gasteiger partial charge is 0.353 e. The molecule has 1 aliphatic heterocycles. The minimum atomic E-state index is -4.38. The summed E-state index contributed by atoms with van der Waals surface area (Å²) in [6.45, 7) is 6.61. The third-order valence-corrected chi connectivity index (χ3v) is 4.31. The lowest BCUT2D eigenvalue weighted by atomic mass is 9.94. The van der Waals surface area contributed by atoms with E-state index in [4.69, 9.17) is 5.41 Å². The molecule has 6 heteroatoms. The van der Waals surface area contributed by atoms with Gasteiger partial charge in [0.05, 0.1) is 5.56 Å². The average Bonchev–Trinajstić information content (AvgIpc) is 2.88. The number of rotatable bonds is 2. The van der Waals surface area contributed by atoms with Crippen LogP contribution in [0.5, 0.6) is 0 Å². The molecule has 126 valence electrons. The van der Waals surface area contributed by atoms with Gasteiger partial charge in [0, 0.05) is 24.7 Å². The van der Waals surface area contributed by atoms with E-state index in [1.807, 2.05) is 6.92 Å². The highest BCUT2D eigenvalue weighted by Gasteiger charge is 2.35. The molecule has 0 aliphatic carbocycles. The Bertz CT molecular complexity index is 811. The molecule has 2 N–H and O–H groups in total. The minimum Gasteiger partial charge on any atom is -0.353 e. The van der Waals surface area contributed by atoms with Crippen LogP contribution in [0, 0.1) is 5.41 Å². The van der Waals surface area contributed by atoms with Gasteiger partial charge in [0.2, 0.25) is 0 Å². The zero-order chi connectivity index (χ0) is 17.5. The number of alkyl halides is 3. The van der Waals surface area contributed by atoms with Crippen molar-refractivity contribution in [1.29, 1.82) is 5.41 Å². The maximum atomic E-state index is 13.2. The lowest BCUT2D eigenvalue weighted by Crippen LogP contribution is -2.39. The zero-order valence-electron chi connectivity index (χ0n) is 13.2. The van der Waals surface area contributed by atoms with Gasteiger partial charge in [0.1, 0.15) is 0 Å². The summed E-state index contributed by atoms with van der Waals surface area (Å²) < 4.78 is 39.7. The van der Waals surface area contributed by atoms with Gasteiger partial charge in [-0.2, -0.15) is 13.2 Å². The van der Waals surface area contributed by atoms with Gasteiger partial charge in [0.25, 0.3) is 0 Å². The van der Waals surface area contributed by atoms with Crippen LogP contribution in [0.1, 0.15) is 24.0 Å². The van der Waals surface area contributed by atoms with Gasteiger partial charge in [0.15, 0.2) is 5.96 Å². The third kappa shape index (κ3) is 2.62. The molecule has 1 heterocycles. The summed E-state index contributed by atoms with van der Waals surface area (Å²) in [5.74, 6) is 0.268. The van der Waals surface area contributed by atoms with E-state index >= 15 is 0 Å². The normalized spacial score (nSPS) is 17.0. The van der Waals surface area contributed by atoms with Gasteiger partial charge in [-0.25, -0.2) is 0 Å². The number of anilines is 1. The van der Waals surface area contributed by atoms with Crippen molar-refractivity contribution in [2.45, 2.75) is 19.0 Å². The summed E-state index contributed by atoms with van der Waals surface area (Å²) in [6.07, 6.45) is -2.72. The first kappa shape index (κ1) is 16.4. The molecule has 3 rings (SSSR count). The SMILES string of the molecule is C=CCNC(=N)N1CC(C)c2c1ccc1c(C(F)(F)F)cccc21. The number of guanidine groups is 1. The number of nitrogens with one attached hydrogen (secondary N) is 2. The number of benzene rings is 2. The molecule has 0 saturated heterocycles. The highest BCUT2D eigenvalue weighted by molar-refractivity contribution is 6.02. The van der Waals surface area contributed by atoms with Crippen molar-refractivity contribution >= 4 is 22.4 Å². The highest BCUT2D eigenvalue weighted by atomic mass is 19.4. The summed E-state index contributed by atoms with van der Waals surface area (Å²) >= 11 is 0. The van der Waals surface area contributed by atoms with Gasteiger partial charge < -0.3 is 10.2 Å². The van der Waals surface area contributed by atoms with Crippen LogP contribution in [0.3, 0.4) is 0 Å². The van der Waals surface area contributed by atoms with Crippen molar-refractivity contribution in [3.63, 3.8) is 0 Å². The summed E-state index contributed by atoms with van der Waals surface area (Å²) in [4.78, 5) is 1.79. The molecule has 0 spiro atoms. The van der Waals surface area contributed by atoms with Crippen LogP contribution in [-0.2, 0) is 6.18 Å². The number of hydrogen-bond acceptors (Lipinski definition) is 1. The minimum absolute atomic E-state index is 0.0399. The lowest BCUT2D eigenvalue weighted by Gasteiger charge is -2.21. The van der Waals surface area contributed by atoms with Crippen molar-refractivity contribution in [2.75, 3.05) is 18.0 Å². The average molecular weight is 333 g/mol. The summed E-state index contributed by atoms with van der Waals surface area (Å²) in [7, 11) is 0. The molecular weight excluding hydrogens is 315 g/mol. The first-order valence-electron chi connectivity index (χ1n) is 7.68. The molecule has 1 unspecified atom stereocenters. The largest absolute Gasteiger partial charge is 0.417 e. The molecule has 24 heavy (non-hydrogen) atoms. The molecule has 1 atom stereocenters. The van der Waals surface area contributed by atoms with Crippen molar-refractivity contribution in [1.82, 2.24) is 5.32 Å². The quantitative estimate of drug-likeness (QED) is 0.483. The van der Waals surface area contributed by atoms with E-state index in [9.17, 15) is 13.2 Å². The molecule has 1 aliphatic rings. The van der Waals surface area contributed by atoms with E-state index in [0.717, 1.165) is 17.3 Å². The fourth-order valence-corrected chi connectivity index (χ4v) is 3.31. The molecule has 0 saturated carbocycles. The van der Waals surface area contributed by atoms with Gasteiger partial charge in [-0.05, 0) is 28.5 Å². The Kier molecular flexibility index (Phi) is 3.99. The van der Waals surface area contributed by atoms with Crippen molar-refractivity contribution in [3.8, 4) is 0 Å². The Balaban J connectivity index is 2.13. The van der Waals surface area contributed by atoms with Crippen LogP contribution in [0.2, 0.25) is 0 Å². The number of hydrogen-bond donors (Lipinski definition) is 2. The Labute approximate surface area is 138 Å². The first-order valence-corrected chi connectivity index (χ1v) is 7.68. The standard InChI is InChI=1S/C18H18F3N3/c1-3-9-23-17(22)24-10-11(2)16-13-5-4-6-14(18(19,20)21)12(13)7-8-15(16)24/h3-8,11H,1,9-10H2,2H3,(H2,22,23). The molecule has 0 bridgehead atoms. The number of halogens is 3. The van der Waals surface area contributed by atoms with Crippen molar-refractivity contribution in [3.05, 3.63) is 54.1 Å². The maximum Gasteiger partial charge on any atom is 0.417 e. The fraction of sp³-hybridized carbons (Fsp3) is 0.278. The molecular formula is C18H18F3N3. The Hall–Kier alpha value is -2.50. The summed E-state index contributed by atoms with van der Waals surface area (Å²) in [6, 6.07) is 7.47. The maximum absolute atomic E-state index is 13.2. The highest BCUT2D eigenvalue weighted by Crippen LogP contribution is 2.44. The van der Waals surface area contributed by atoms with E-state index in [1.165, 1.54) is 12.1 Å². The monoisotopic (exact) mass is 333 g/mol. The van der Waals surface area contributed by atoms with E-state index in [-0.39, 0.29) is 17.3 Å². The van der Waals surface area contributed by atoms with Crippen LogP contribution in [-0.4, -0.2) is 19.0 Å². The van der Waals surface area contributed by atoms with Crippen LogP contribution in [0.15, 0.2) is 43.0 Å². The second-order valence-electron chi connectivity index (χ2n) is 5.93. The van der Waals surface area contributed by atoms with Crippen molar-refractivity contribution < 1.29 is 13.2 Å². The Morgan fingerprint density at radius 2 is 2.08 bits per heavy atom. The Morgan fingerprint density at radius 1 is 1.33 bits per heavy atom.